The van der Waals surface area contributed by atoms with Crippen LogP contribution in [0.1, 0.15) is 29.7 Å². The van der Waals surface area contributed by atoms with Gasteiger partial charge in [-0.3, -0.25) is 9.59 Å². The molecule has 0 saturated heterocycles. The second kappa shape index (κ2) is 7.22. The molecule has 140 valence electrons. The van der Waals surface area contributed by atoms with Crippen molar-refractivity contribution in [2.24, 2.45) is 0 Å². The minimum Gasteiger partial charge on any atom is -0.497 e. The smallest absolute Gasteiger partial charge is 0.293 e. The lowest BCUT2D eigenvalue weighted by Crippen LogP contribution is -2.34. The van der Waals surface area contributed by atoms with Gasteiger partial charge in [-0.05, 0) is 43.4 Å². The van der Waals surface area contributed by atoms with Gasteiger partial charge in [-0.2, -0.15) is 10.2 Å². The third-order valence-electron chi connectivity index (χ3n) is 4.84. The van der Waals surface area contributed by atoms with Crippen LogP contribution in [0.5, 0.6) is 5.75 Å². The number of rotatable bonds is 5. The van der Waals surface area contributed by atoms with E-state index in [2.05, 4.69) is 15.5 Å². The zero-order valence-electron chi connectivity index (χ0n) is 15.1. The van der Waals surface area contributed by atoms with Gasteiger partial charge in [0, 0.05) is 12.1 Å². The Balaban J connectivity index is 1.50. The number of amides is 1. The monoisotopic (exact) mass is 367 g/mol. The van der Waals surface area contributed by atoms with E-state index in [4.69, 9.17) is 4.74 Å². The maximum atomic E-state index is 12.8. The summed E-state index contributed by atoms with van der Waals surface area (Å²) in [6.45, 7) is 0.231. The van der Waals surface area contributed by atoms with Gasteiger partial charge in [0.15, 0.2) is 0 Å². The minimum absolute atomic E-state index is 0.126. The summed E-state index contributed by atoms with van der Waals surface area (Å²) in [6, 6.07) is 7.46. The number of aromatic nitrogens is 4. The molecule has 0 spiro atoms. The minimum atomic E-state index is -0.273. The fraction of sp³-hybridized carbons (Fsp3) is 0.368. The molecule has 1 amide bonds. The summed E-state index contributed by atoms with van der Waals surface area (Å²) in [5, 5.41) is 11.4. The largest absolute Gasteiger partial charge is 0.497 e. The van der Waals surface area contributed by atoms with Gasteiger partial charge < -0.3 is 10.1 Å². The first kappa shape index (κ1) is 17.3. The molecule has 1 N–H and O–H groups in total. The highest BCUT2D eigenvalue weighted by Crippen LogP contribution is 2.22. The topological polar surface area (TPSA) is 90.5 Å². The number of nitrogens with zero attached hydrogens (tertiary/aromatic N) is 4. The quantitative estimate of drug-likeness (QED) is 0.729. The van der Waals surface area contributed by atoms with E-state index in [0.29, 0.717) is 12.1 Å². The van der Waals surface area contributed by atoms with Crippen LogP contribution in [0.2, 0.25) is 0 Å². The van der Waals surface area contributed by atoms with Gasteiger partial charge in [0.2, 0.25) is 5.91 Å². The highest BCUT2D eigenvalue weighted by Gasteiger charge is 2.20. The lowest BCUT2D eigenvalue weighted by atomic mass is 9.97. The normalized spacial score (nSPS) is 13.4. The van der Waals surface area contributed by atoms with Crippen LogP contribution in [0.25, 0.3) is 5.52 Å². The Morgan fingerprint density at radius 2 is 2.15 bits per heavy atom. The summed E-state index contributed by atoms with van der Waals surface area (Å²) in [5.74, 6) is 0.459. The van der Waals surface area contributed by atoms with Crippen molar-refractivity contribution in [3.63, 3.8) is 0 Å². The molecule has 0 unspecified atom stereocenters. The lowest BCUT2D eigenvalue weighted by molar-refractivity contribution is -0.122. The van der Waals surface area contributed by atoms with Gasteiger partial charge in [0.05, 0.1) is 12.8 Å². The second-order valence-electron chi connectivity index (χ2n) is 6.65. The Kier molecular flexibility index (Phi) is 4.62. The number of hydrogen-bond acceptors (Lipinski definition) is 5. The highest BCUT2D eigenvalue weighted by atomic mass is 16.5. The van der Waals surface area contributed by atoms with Crippen molar-refractivity contribution in [2.75, 3.05) is 7.11 Å². The molecule has 27 heavy (non-hydrogen) atoms. The molecule has 8 nitrogen and oxygen atoms in total. The van der Waals surface area contributed by atoms with E-state index in [1.54, 1.807) is 11.6 Å². The molecule has 0 bridgehead atoms. The van der Waals surface area contributed by atoms with Crippen LogP contribution in [0.15, 0.2) is 35.4 Å². The van der Waals surface area contributed by atoms with Crippen molar-refractivity contribution >= 4 is 11.4 Å². The third-order valence-corrected chi connectivity index (χ3v) is 4.84. The first-order valence-corrected chi connectivity index (χ1v) is 9.01. The Morgan fingerprint density at radius 1 is 1.30 bits per heavy atom. The number of carbonyl (C=O) groups is 1. The van der Waals surface area contributed by atoms with E-state index in [0.717, 1.165) is 48.3 Å². The summed E-state index contributed by atoms with van der Waals surface area (Å²) in [7, 11) is 1.60. The Hall–Kier alpha value is -3.16. The summed E-state index contributed by atoms with van der Waals surface area (Å²) in [4.78, 5) is 25.1. The predicted molar refractivity (Wildman–Crippen MR) is 98.7 cm³/mol. The van der Waals surface area contributed by atoms with Gasteiger partial charge in [-0.15, -0.1) is 0 Å². The van der Waals surface area contributed by atoms with Crippen molar-refractivity contribution in [1.29, 1.82) is 0 Å². The number of ether oxygens (including phenoxy) is 1. The van der Waals surface area contributed by atoms with Gasteiger partial charge in [-0.1, -0.05) is 12.1 Å². The summed E-state index contributed by atoms with van der Waals surface area (Å²) in [5.41, 5.74) is 3.16. The van der Waals surface area contributed by atoms with Crippen LogP contribution in [-0.2, 0) is 30.7 Å². The third kappa shape index (κ3) is 3.42. The zero-order valence-corrected chi connectivity index (χ0v) is 15.1. The van der Waals surface area contributed by atoms with Crippen LogP contribution in [-0.4, -0.2) is 32.4 Å². The van der Waals surface area contributed by atoms with E-state index < -0.39 is 0 Å². The molecule has 1 aromatic carbocycles. The molecule has 1 aliphatic carbocycles. The molecule has 0 fully saturated rings. The first-order valence-electron chi connectivity index (χ1n) is 9.01. The zero-order chi connectivity index (χ0) is 18.8. The maximum Gasteiger partial charge on any atom is 0.293 e. The molecule has 0 radical (unpaired) electrons. The second-order valence-corrected chi connectivity index (χ2v) is 6.65. The molecule has 1 aliphatic rings. The summed E-state index contributed by atoms with van der Waals surface area (Å²) in [6.07, 6.45) is 5.38. The van der Waals surface area contributed by atoms with Gasteiger partial charge >= 0.3 is 0 Å². The van der Waals surface area contributed by atoms with Gasteiger partial charge in [0.1, 0.15) is 24.1 Å². The molecular weight excluding hydrogens is 346 g/mol. The molecule has 0 aliphatic heterocycles. The van der Waals surface area contributed by atoms with E-state index >= 15 is 0 Å². The number of hydrogen-bond donors (Lipinski definition) is 1. The van der Waals surface area contributed by atoms with Crippen molar-refractivity contribution in [1.82, 2.24) is 24.7 Å². The first-order chi connectivity index (χ1) is 13.2. The van der Waals surface area contributed by atoms with Gasteiger partial charge in [-0.25, -0.2) is 9.20 Å². The van der Waals surface area contributed by atoms with Crippen molar-refractivity contribution in [3.8, 4) is 5.75 Å². The number of benzene rings is 1. The number of methoxy groups -OCH3 is 1. The molecule has 0 saturated carbocycles. The van der Waals surface area contributed by atoms with Crippen LogP contribution >= 0.6 is 0 Å². The fourth-order valence-electron chi connectivity index (χ4n) is 3.46. The summed E-state index contributed by atoms with van der Waals surface area (Å²) < 4.78 is 7.92. The van der Waals surface area contributed by atoms with E-state index in [1.807, 2.05) is 24.3 Å². The molecular formula is C19H21N5O3. The van der Waals surface area contributed by atoms with Crippen LogP contribution < -0.4 is 15.6 Å². The highest BCUT2D eigenvalue weighted by molar-refractivity contribution is 5.75. The molecule has 2 aromatic heterocycles. The Labute approximate surface area is 155 Å². The van der Waals surface area contributed by atoms with E-state index in [9.17, 15) is 9.59 Å². The number of fused-ring (bicyclic) bond motifs is 3. The number of carbonyl (C=O) groups excluding carboxylic acids is 1. The van der Waals surface area contributed by atoms with Crippen molar-refractivity contribution in [2.45, 2.75) is 38.8 Å². The van der Waals surface area contributed by atoms with Crippen molar-refractivity contribution < 1.29 is 9.53 Å². The Bertz CT molecular complexity index is 1050. The molecule has 4 rings (SSSR count). The van der Waals surface area contributed by atoms with Crippen LogP contribution in [0.3, 0.4) is 0 Å². The van der Waals surface area contributed by atoms with Crippen LogP contribution in [0.4, 0.5) is 0 Å². The average Bonchev–Trinajstić information content (AvgIpc) is 3.08. The predicted octanol–water partition coefficient (Wildman–Crippen LogP) is 1.09. The number of nitrogens with one attached hydrogen (secondary N) is 1. The van der Waals surface area contributed by atoms with E-state index in [-0.39, 0.29) is 18.0 Å². The SMILES string of the molecule is COc1cccc(CNC(=O)Cn2ncn3nc4c(c3c2=O)CCCC4)c1. The number of aryl methyl sites for hydroxylation is 2. The van der Waals surface area contributed by atoms with Crippen LogP contribution in [0, 0.1) is 0 Å². The fourth-order valence-corrected chi connectivity index (χ4v) is 3.46. The molecule has 8 heteroatoms. The molecule has 2 heterocycles. The van der Waals surface area contributed by atoms with Crippen molar-refractivity contribution in [3.05, 3.63) is 57.8 Å². The van der Waals surface area contributed by atoms with Gasteiger partial charge in [0.25, 0.3) is 5.56 Å². The van der Waals surface area contributed by atoms with E-state index in [1.165, 1.54) is 11.0 Å². The maximum absolute atomic E-state index is 12.8. The standard InChI is InChI=1S/C19H21N5O3/c1-27-14-6-4-5-13(9-14)10-20-17(25)11-23-19(26)18-15-7-2-3-8-16(15)22-24(18)12-21-23/h4-6,9,12H,2-3,7-8,10-11H2,1H3,(H,20,25). The summed E-state index contributed by atoms with van der Waals surface area (Å²) >= 11 is 0. The lowest BCUT2D eigenvalue weighted by Gasteiger charge is -2.09. The molecule has 3 aromatic rings. The average molecular weight is 367 g/mol. The Morgan fingerprint density at radius 3 is 3.00 bits per heavy atom. The molecule has 0 atom stereocenters.